The van der Waals surface area contributed by atoms with Gasteiger partial charge in [-0.25, -0.2) is 0 Å². The van der Waals surface area contributed by atoms with Crippen molar-refractivity contribution in [2.24, 2.45) is 5.16 Å². The highest BCUT2D eigenvalue weighted by Crippen LogP contribution is 2.30. The molecule has 0 saturated heterocycles. The number of carbonyl (C=O) groups is 1. The Morgan fingerprint density at radius 3 is 2.74 bits per heavy atom. The summed E-state index contributed by atoms with van der Waals surface area (Å²) in [4.78, 5) is 14.2. The highest BCUT2D eigenvalue weighted by atomic mass is 79.9. The lowest BCUT2D eigenvalue weighted by atomic mass is 9.99. The van der Waals surface area contributed by atoms with Crippen LogP contribution in [0.1, 0.15) is 17.5 Å². The number of rotatable bonds is 2. The maximum Gasteiger partial charge on any atom is 0.251 e. The number of anilines is 1. The first-order valence-corrected chi connectivity index (χ1v) is 8.04. The number of hydrogen-bond donors (Lipinski definition) is 1. The quantitative estimate of drug-likeness (QED) is 0.491. The Labute approximate surface area is 142 Å². The van der Waals surface area contributed by atoms with Gasteiger partial charge in [-0.2, -0.15) is 0 Å². The Balaban J connectivity index is 1.89. The second-order valence-corrected chi connectivity index (χ2v) is 6.11. The standard InChI is InChI=1S/C18H15BrN2O2/c19-14-7-8-17-15(12-14)16(20-23)10-11-21(17)18(22)9-6-13-4-2-1-3-5-13/h1-9,12,23H,10-11H2/b9-6+,20-16+. The summed E-state index contributed by atoms with van der Waals surface area (Å²) >= 11 is 3.41. The SMILES string of the molecule is O=C(/C=C/c1ccccc1)N1CC/C(=N\O)c2cc(Br)ccc21. The van der Waals surface area contributed by atoms with E-state index in [1.807, 2.05) is 48.5 Å². The molecular formula is C18H15BrN2O2. The van der Waals surface area contributed by atoms with Crippen LogP contribution in [-0.4, -0.2) is 23.4 Å². The van der Waals surface area contributed by atoms with Gasteiger partial charge in [0.25, 0.3) is 5.91 Å². The highest BCUT2D eigenvalue weighted by Gasteiger charge is 2.25. The molecule has 4 nitrogen and oxygen atoms in total. The van der Waals surface area contributed by atoms with Crippen LogP contribution in [-0.2, 0) is 4.79 Å². The number of oxime groups is 1. The molecule has 0 fully saturated rings. The van der Waals surface area contributed by atoms with Crippen LogP contribution in [0.5, 0.6) is 0 Å². The van der Waals surface area contributed by atoms with Crippen LogP contribution in [0.4, 0.5) is 5.69 Å². The van der Waals surface area contributed by atoms with Gasteiger partial charge < -0.3 is 10.1 Å². The average Bonchev–Trinajstić information content (AvgIpc) is 2.59. The van der Waals surface area contributed by atoms with Gasteiger partial charge in [0, 0.05) is 29.1 Å². The van der Waals surface area contributed by atoms with Crippen LogP contribution >= 0.6 is 15.9 Å². The summed E-state index contributed by atoms with van der Waals surface area (Å²) in [5.74, 6) is -0.0885. The van der Waals surface area contributed by atoms with Gasteiger partial charge in [-0.05, 0) is 29.8 Å². The van der Waals surface area contributed by atoms with E-state index in [0.717, 1.165) is 21.3 Å². The summed E-state index contributed by atoms with van der Waals surface area (Å²) in [7, 11) is 0. The Morgan fingerprint density at radius 2 is 2.00 bits per heavy atom. The first kappa shape index (κ1) is 15.5. The third-order valence-corrected chi connectivity index (χ3v) is 4.23. The summed E-state index contributed by atoms with van der Waals surface area (Å²) in [6.07, 6.45) is 3.89. The van der Waals surface area contributed by atoms with Crippen molar-refractivity contribution in [2.75, 3.05) is 11.4 Å². The molecule has 3 rings (SSSR count). The molecule has 0 spiro atoms. The lowest BCUT2D eigenvalue weighted by Crippen LogP contribution is -2.36. The van der Waals surface area contributed by atoms with Crippen LogP contribution in [0.3, 0.4) is 0 Å². The fourth-order valence-electron chi connectivity index (χ4n) is 2.60. The lowest BCUT2D eigenvalue weighted by Gasteiger charge is -2.29. The molecule has 1 heterocycles. The van der Waals surface area contributed by atoms with E-state index < -0.39 is 0 Å². The van der Waals surface area contributed by atoms with Crippen LogP contribution in [0.2, 0.25) is 0 Å². The third-order valence-electron chi connectivity index (χ3n) is 3.74. The number of amides is 1. The van der Waals surface area contributed by atoms with Crippen molar-refractivity contribution in [3.63, 3.8) is 0 Å². The molecule has 116 valence electrons. The molecule has 5 heteroatoms. The topological polar surface area (TPSA) is 52.9 Å². The van der Waals surface area contributed by atoms with Crippen LogP contribution < -0.4 is 4.90 Å². The molecule has 2 aromatic carbocycles. The van der Waals surface area contributed by atoms with E-state index in [-0.39, 0.29) is 5.91 Å². The van der Waals surface area contributed by atoms with Gasteiger partial charge >= 0.3 is 0 Å². The molecule has 0 atom stereocenters. The van der Waals surface area contributed by atoms with Gasteiger partial charge in [0.1, 0.15) is 0 Å². The van der Waals surface area contributed by atoms with Crippen LogP contribution in [0, 0.1) is 0 Å². The molecule has 1 amide bonds. The first-order valence-electron chi connectivity index (χ1n) is 7.24. The maximum absolute atomic E-state index is 12.5. The molecule has 1 aliphatic rings. The summed E-state index contributed by atoms with van der Waals surface area (Å²) in [5, 5.41) is 12.5. The molecule has 0 radical (unpaired) electrons. The normalized spacial score (nSPS) is 15.9. The van der Waals surface area contributed by atoms with Crippen molar-refractivity contribution in [3.8, 4) is 0 Å². The number of carbonyl (C=O) groups excluding carboxylic acids is 1. The Bertz CT molecular complexity index is 785. The minimum atomic E-state index is -0.0885. The zero-order valence-corrected chi connectivity index (χ0v) is 13.9. The average molecular weight is 371 g/mol. The Morgan fingerprint density at radius 1 is 1.22 bits per heavy atom. The number of nitrogens with zero attached hydrogens (tertiary/aromatic N) is 2. The fraction of sp³-hybridized carbons (Fsp3) is 0.111. The van der Waals surface area contributed by atoms with Crippen molar-refractivity contribution >= 4 is 39.3 Å². The molecule has 1 aliphatic heterocycles. The van der Waals surface area contributed by atoms with E-state index >= 15 is 0 Å². The van der Waals surface area contributed by atoms with Gasteiger partial charge in [0.15, 0.2) is 0 Å². The second-order valence-electron chi connectivity index (χ2n) is 5.19. The predicted molar refractivity (Wildman–Crippen MR) is 94.9 cm³/mol. The van der Waals surface area contributed by atoms with Crippen molar-refractivity contribution in [1.82, 2.24) is 0 Å². The summed E-state index contributed by atoms with van der Waals surface area (Å²) in [6, 6.07) is 15.3. The van der Waals surface area contributed by atoms with Gasteiger partial charge in [0.2, 0.25) is 0 Å². The molecule has 23 heavy (non-hydrogen) atoms. The van der Waals surface area contributed by atoms with Gasteiger partial charge in [0.05, 0.1) is 11.4 Å². The van der Waals surface area contributed by atoms with Gasteiger partial charge in [-0.1, -0.05) is 51.4 Å². The fourth-order valence-corrected chi connectivity index (χ4v) is 2.96. The zero-order valence-electron chi connectivity index (χ0n) is 12.3. The molecular weight excluding hydrogens is 356 g/mol. The molecule has 0 aromatic heterocycles. The minimum absolute atomic E-state index is 0.0885. The summed E-state index contributed by atoms with van der Waals surface area (Å²) < 4.78 is 0.881. The van der Waals surface area contributed by atoms with Crippen molar-refractivity contribution in [2.45, 2.75) is 6.42 Å². The minimum Gasteiger partial charge on any atom is -0.411 e. The predicted octanol–water partition coefficient (Wildman–Crippen LogP) is 4.08. The maximum atomic E-state index is 12.5. The smallest absolute Gasteiger partial charge is 0.251 e. The van der Waals surface area contributed by atoms with E-state index in [4.69, 9.17) is 5.21 Å². The monoisotopic (exact) mass is 370 g/mol. The van der Waals surface area contributed by atoms with E-state index in [1.54, 1.807) is 17.1 Å². The van der Waals surface area contributed by atoms with E-state index in [9.17, 15) is 4.79 Å². The van der Waals surface area contributed by atoms with Crippen molar-refractivity contribution in [3.05, 3.63) is 70.2 Å². The molecule has 0 saturated carbocycles. The largest absolute Gasteiger partial charge is 0.411 e. The highest BCUT2D eigenvalue weighted by molar-refractivity contribution is 9.10. The molecule has 1 N–H and O–H groups in total. The van der Waals surface area contributed by atoms with E-state index in [2.05, 4.69) is 21.1 Å². The van der Waals surface area contributed by atoms with Crippen molar-refractivity contribution < 1.29 is 10.0 Å². The molecule has 0 bridgehead atoms. The number of halogens is 1. The summed E-state index contributed by atoms with van der Waals surface area (Å²) in [6.45, 7) is 0.492. The first-order chi connectivity index (χ1) is 11.2. The van der Waals surface area contributed by atoms with Crippen molar-refractivity contribution in [1.29, 1.82) is 0 Å². The molecule has 0 unspecified atom stereocenters. The molecule has 2 aromatic rings. The van der Waals surface area contributed by atoms with Crippen LogP contribution in [0.25, 0.3) is 6.08 Å². The van der Waals surface area contributed by atoms with E-state index in [1.165, 1.54) is 0 Å². The third kappa shape index (κ3) is 3.35. The number of benzene rings is 2. The number of fused-ring (bicyclic) bond motifs is 1. The van der Waals surface area contributed by atoms with Crippen LogP contribution in [0.15, 0.2) is 64.2 Å². The van der Waals surface area contributed by atoms with E-state index in [0.29, 0.717) is 18.7 Å². The van der Waals surface area contributed by atoms with Gasteiger partial charge in [-0.15, -0.1) is 0 Å². The summed E-state index contributed by atoms with van der Waals surface area (Å²) in [5.41, 5.74) is 3.11. The van der Waals surface area contributed by atoms with Gasteiger partial charge in [-0.3, -0.25) is 4.79 Å². The number of hydrogen-bond acceptors (Lipinski definition) is 3. The Hall–Kier alpha value is -2.40. The second kappa shape index (κ2) is 6.79. The zero-order chi connectivity index (χ0) is 16.2. The lowest BCUT2D eigenvalue weighted by molar-refractivity contribution is -0.114. The molecule has 0 aliphatic carbocycles. The Kier molecular flexibility index (Phi) is 4.57.